The van der Waals surface area contributed by atoms with Crippen LogP contribution >= 0.6 is 0 Å². The summed E-state index contributed by atoms with van der Waals surface area (Å²) in [7, 11) is 0. The molecule has 0 saturated carbocycles. The number of hydrogen-bond acceptors (Lipinski definition) is 3. The number of ether oxygens (including phenoxy) is 1. The highest BCUT2D eigenvalue weighted by atomic mass is 17.3. The number of rotatable bonds is 2. The second kappa shape index (κ2) is 2.94. The van der Waals surface area contributed by atoms with Crippen LogP contribution in [0.4, 0.5) is 0 Å². The molecular formula is C10H18O3. The first-order chi connectivity index (χ1) is 6.08. The van der Waals surface area contributed by atoms with E-state index in [9.17, 15) is 0 Å². The van der Waals surface area contributed by atoms with Crippen LogP contribution in [0.25, 0.3) is 0 Å². The van der Waals surface area contributed by atoms with Crippen molar-refractivity contribution in [2.75, 3.05) is 0 Å². The maximum Gasteiger partial charge on any atom is 0.202 e. The van der Waals surface area contributed by atoms with E-state index < -0.39 is 5.79 Å². The molecule has 0 N–H and O–H groups in total. The molecule has 76 valence electrons. The summed E-state index contributed by atoms with van der Waals surface area (Å²) in [5.41, 5.74) is -0.284. The Balaban J connectivity index is 2.08. The normalized spacial score (nSPS) is 42.2. The molecule has 13 heavy (non-hydrogen) atoms. The summed E-state index contributed by atoms with van der Waals surface area (Å²) >= 11 is 0. The van der Waals surface area contributed by atoms with E-state index >= 15 is 0 Å². The molecule has 2 aliphatic rings. The third-order valence-electron chi connectivity index (χ3n) is 2.96. The van der Waals surface area contributed by atoms with Crippen molar-refractivity contribution in [3.63, 3.8) is 0 Å². The zero-order valence-corrected chi connectivity index (χ0v) is 8.63. The molecule has 0 unspecified atom stereocenters. The summed E-state index contributed by atoms with van der Waals surface area (Å²) in [6.07, 6.45) is 4.21. The minimum absolute atomic E-state index is 0.202. The van der Waals surface area contributed by atoms with Gasteiger partial charge in [0.2, 0.25) is 5.79 Å². The molecule has 0 aromatic carbocycles. The Morgan fingerprint density at radius 1 is 1.31 bits per heavy atom. The van der Waals surface area contributed by atoms with Crippen LogP contribution in [0.15, 0.2) is 0 Å². The van der Waals surface area contributed by atoms with Crippen LogP contribution in [0.3, 0.4) is 0 Å². The van der Waals surface area contributed by atoms with E-state index in [4.69, 9.17) is 14.5 Å². The molecule has 3 nitrogen and oxygen atoms in total. The van der Waals surface area contributed by atoms with Gasteiger partial charge < -0.3 is 4.74 Å². The Bertz CT molecular complexity index is 202. The minimum Gasteiger partial charge on any atom is -0.341 e. The first kappa shape index (κ1) is 9.44. The third-order valence-corrected chi connectivity index (χ3v) is 2.96. The van der Waals surface area contributed by atoms with Gasteiger partial charge >= 0.3 is 0 Å². The highest BCUT2D eigenvalue weighted by molar-refractivity contribution is 4.92. The zero-order valence-electron chi connectivity index (χ0n) is 8.63. The fraction of sp³-hybridized carbons (Fsp3) is 1.00. The third kappa shape index (κ3) is 1.49. The molecule has 2 aliphatic heterocycles. The van der Waals surface area contributed by atoms with Crippen molar-refractivity contribution in [2.45, 2.75) is 63.9 Å². The number of hydrogen-bond donors (Lipinski definition) is 0. The molecule has 0 aliphatic carbocycles. The average molecular weight is 186 g/mol. The predicted molar refractivity (Wildman–Crippen MR) is 48.0 cm³/mol. The molecule has 2 rings (SSSR count). The van der Waals surface area contributed by atoms with Gasteiger partial charge in [0.1, 0.15) is 5.60 Å². The second-order valence-electron chi connectivity index (χ2n) is 4.58. The quantitative estimate of drug-likeness (QED) is 0.620. The summed E-state index contributed by atoms with van der Waals surface area (Å²) in [6.45, 7) is 6.16. The molecule has 0 spiro atoms. The van der Waals surface area contributed by atoms with E-state index in [-0.39, 0.29) is 11.7 Å². The van der Waals surface area contributed by atoms with Crippen molar-refractivity contribution in [3.05, 3.63) is 0 Å². The van der Waals surface area contributed by atoms with Crippen molar-refractivity contribution < 1.29 is 14.5 Å². The standard InChI is InChI=1S/C10H18O3/c1-4-6-10-7-5-8(11-10)9(2,3)12-13-10/h8H,4-7H2,1-3H3/t8-,10+/m0/s1. The van der Waals surface area contributed by atoms with Crippen molar-refractivity contribution in [3.8, 4) is 0 Å². The van der Waals surface area contributed by atoms with Crippen LogP contribution in [0.2, 0.25) is 0 Å². The molecule has 0 radical (unpaired) electrons. The van der Waals surface area contributed by atoms with E-state index in [1.807, 2.05) is 13.8 Å². The van der Waals surface area contributed by atoms with Crippen LogP contribution in [0, 0.1) is 0 Å². The lowest BCUT2D eigenvalue weighted by molar-refractivity contribution is -0.506. The lowest BCUT2D eigenvalue weighted by Gasteiger charge is -2.40. The van der Waals surface area contributed by atoms with Crippen molar-refractivity contribution in [1.29, 1.82) is 0 Å². The largest absolute Gasteiger partial charge is 0.341 e. The fourth-order valence-corrected chi connectivity index (χ4v) is 2.12. The molecule has 2 heterocycles. The highest BCUT2D eigenvalue weighted by Crippen LogP contribution is 2.45. The first-order valence-corrected chi connectivity index (χ1v) is 5.13. The fourth-order valence-electron chi connectivity index (χ4n) is 2.12. The van der Waals surface area contributed by atoms with Gasteiger partial charge in [-0.15, -0.1) is 0 Å². The molecule has 3 heteroatoms. The zero-order chi connectivity index (χ0) is 9.53. The topological polar surface area (TPSA) is 27.7 Å². The Hall–Kier alpha value is -0.120. The molecule has 2 saturated heterocycles. The Morgan fingerprint density at radius 2 is 2.08 bits per heavy atom. The Labute approximate surface area is 79.3 Å². The lowest BCUT2D eigenvalue weighted by Crippen LogP contribution is -2.49. The Morgan fingerprint density at radius 3 is 2.77 bits per heavy atom. The second-order valence-corrected chi connectivity index (χ2v) is 4.58. The minimum atomic E-state index is -0.422. The van der Waals surface area contributed by atoms with Crippen LogP contribution in [0.5, 0.6) is 0 Å². The highest BCUT2D eigenvalue weighted by Gasteiger charge is 2.53. The molecular weight excluding hydrogens is 168 g/mol. The van der Waals surface area contributed by atoms with Gasteiger partial charge in [0.15, 0.2) is 0 Å². The van der Waals surface area contributed by atoms with Gasteiger partial charge in [-0.2, -0.15) is 0 Å². The van der Waals surface area contributed by atoms with E-state index in [2.05, 4.69) is 6.92 Å². The molecule has 2 fully saturated rings. The van der Waals surface area contributed by atoms with Crippen LogP contribution in [-0.4, -0.2) is 17.5 Å². The molecule has 0 aromatic heterocycles. The predicted octanol–water partition coefficient (Wildman–Crippen LogP) is 2.40. The first-order valence-electron chi connectivity index (χ1n) is 5.13. The van der Waals surface area contributed by atoms with Crippen LogP contribution in [0.1, 0.15) is 46.5 Å². The molecule has 2 bridgehead atoms. The van der Waals surface area contributed by atoms with Gasteiger partial charge in [0, 0.05) is 12.8 Å². The van der Waals surface area contributed by atoms with E-state index in [1.54, 1.807) is 0 Å². The molecule has 2 atom stereocenters. The van der Waals surface area contributed by atoms with Gasteiger partial charge in [0.05, 0.1) is 6.10 Å². The lowest BCUT2D eigenvalue weighted by atomic mass is 9.99. The monoisotopic (exact) mass is 186 g/mol. The summed E-state index contributed by atoms with van der Waals surface area (Å²) in [5.74, 6) is -0.422. The van der Waals surface area contributed by atoms with Crippen LogP contribution < -0.4 is 0 Å². The maximum atomic E-state index is 5.89. The van der Waals surface area contributed by atoms with Gasteiger partial charge in [-0.05, 0) is 20.3 Å². The molecule has 0 amide bonds. The summed E-state index contributed by atoms with van der Waals surface area (Å²) in [6, 6.07) is 0. The van der Waals surface area contributed by atoms with Crippen molar-refractivity contribution in [2.24, 2.45) is 0 Å². The molecule has 0 aromatic rings. The summed E-state index contributed by atoms with van der Waals surface area (Å²) in [4.78, 5) is 10.8. The van der Waals surface area contributed by atoms with Gasteiger partial charge in [-0.25, -0.2) is 9.78 Å². The SMILES string of the molecule is CCC[C@@]12CC[C@H](O1)C(C)(C)OO2. The number of fused-ring (bicyclic) bond motifs is 2. The van der Waals surface area contributed by atoms with Crippen molar-refractivity contribution in [1.82, 2.24) is 0 Å². The maximum absolute atomic E-state index is 5.89. The van der Waals surface area contributed by atoms with E-state index in [0.717, 1.165) is 25.7 Å². The average Bonchev–Trinajstić information content (AvgIpc) is 2.43. The summed E-state index contributed by atoms with van der Waals surface area (Å²) < 4.78 is 5.89. The van der Waals surface area contributed by atoms with E-state index in [1.165, 1.54) is 0 Å². The summed E-state index contributed by atoms with van der Waals surface area (Å²) in [5, 5.41) is 0. The smallest absolute Gasteiger partial charge is 0.202 e. The van der Waals surface area contributed by atoms with Gasteiger partial charge in [-0.3, -0.25) is 0 Å². The van der Waals surface area contributed by atoms with Crippen molar-refractivity contribution >= 4 is 0 Å². The van der Waals surface area contributed by atoms with Gasteiger partial charge in [0.25, 0.3) is 0 Å². The van der Waals surface area contributed by atoms with Crippen LogP contribution in [-0.2, 0) is 14.5 Å². The Kier molecular flexibility index (Phi) is 2.13. The van der Waals surface area contributed by atoms with E-state index in [0.29, 0.717) is 0 Å². The van der Waals surface area contributed by atoms with Gasteiger partial charge in [-0.1, -0.05) is 13.3 Å².